The minimum absolute atomic E-state index is 0.257. The number of hydrogen-bond acceptors (Lipinski definition) is 3. The maximum absolute atomic E-state index is 8.98. The number of aromatic nitrogens is 2. The second-order valence-corrected chi connectivity index (χ2v) is 5.71. The van der Waals surface area contributed by atoms with Crippen LogP contribution in [0.4, 0.5) is 5.69 Å². The highest BCUT2D eigenvalue weighted by atomic mass is 15.3. The molecule has 2 rings (SSSR count). The molecule has 0 radical (unpaired) electrons. The lowest BCUT2D eigenvalue weighted by Gasteiger charge is -2.14. The zero-order chi connectivity index (χ0) is 14.6. The van der Waals surface area contributed by atoms with Crippen molar-refractivity contribution in [2.24, 2.45) is 5.41 Å². The van der Waals surface area contributed by atoms with Gasteiger partial charge in [0.25, 0.3) is 0 Å². The highest BCUT2D eigenvalue weighted by molar-refractivity contribution is 5.63. The molecule has 4 heteroatoms. The Morgan fingerprint density at radius 2 is 1.95 bits per heavy atom. The Bertz CT molecular complexity index is 602. The fourth-order valence-corrected chi connectivity index (χ4v) is 2.05. The number of nitrogens with zero attached hydrogens (tertiary/aromatic N) is 3. The number of anilines is 1. The molecule has 20 heavy (non-hydrogen) atoms. The molecule has 104 valence electrons. The highest BCUT2D eigenvalue weighted by Crippen LogP contribution is 2.22. The van der Waals surface area contributed by atoms with Crippen molar-refractivity contribution < 1.29 is 0 Å². The third-order valence-corrected chi connectivity index (χ3v) is 3.37. The Morgan fingerprint density at radius 3 is 2.60 bits per heavy atom. The van der Waals surface area contributed by atoms with Crippen LogP contribution in [0, 0.1) is 16.7 Å². The molecular weight excluding hydrogens is 248 g/mol. The monoisotopic (exact) mass is 268 g/mol. The minimum atomic E-state index is -0.257. The largest absolute Gasteiger partial charge is 0.399 e. The van der Waals surface area contributed by atoms with Gasteiger partial charge in [-0.05, 0) is 44.4 Å². The summed E-state index contributed by atoms with van der Waals surface area (Å²) in [5, 5.41) is 13.3. The summed E-state index contributed by atoms with van der Waals surface area (Å²) in [7, 11) is 0. The van der Waals surface area contributed by atoms with E-state index in [1.165, 1.54) is 0 Å². The quantitative estimate of drug-likeness (QED) is 0.844. The standard InChI is InChI=1S/C16H20N4/c1-16(2,12-17)8-3-9-20-11-14(10-19-20)13-4-6-15(18)7-5-13/h4-7,10-11H,3,8-9,18H2,1-2H3. The fourth-order valence-electron chi connectivity index (χ4n) is 2.05. The first kappa shape index (κ1) is 14.1. The Labute approximate surface area is 119 Å². The summed E-state index contributed by atoms with van der Waals surface area (Å²) in [6, 6.07) is 10.1. The highest BCUT2D eigenvalue weighted by Gasteiger charge is 2.15. The van der Waals surface area contributed by atoms with Gasteiger partial charge >= 0.3 is 0 Å². The van der Waals surface area contributed by atoms with Crippen molar-refractivity contribution in [2.45, 2.75) is 33.2 Å². The number of hydrogen-bond donors (Lipinski definition) is 1. The molecule has 4 nitrogen and oxygen atoms in total. The first-order valence-electron chi connectivity index (χ1n) is 6.80. The molecule has 0 unspecified atom stereocenters. The van der Waals surface area contributed by atoms with Gasteiger partial charge in [-0.1, -0.05) is 12.1 Å². The number of nitrogen functional groups attached to an aromatic ring is 1. The van der Waals surface area contributed by atoms with Crippen LogP contribution in [0.15, 0.2) is 36.7 Å². The predicted molar refractivity (Wildman–Crippen MR) is 80.7 cm³/mol. The average molecular weight is 268 g/mol. The summed E-state index contributed by atoms with van der Waals surface area (Å²) >= 11 is 0. The molecule has 0 saturated carbocycles. The molecule has 2 aromatic rings. The summed E-state index contributed by atoms with van der Waals surface area (Å²) in [6.45, 7) is 4.77. The third-order valence-electron chi connectivity index (χ3n) is 3.37. The van der Waals surface area contributed by atoms with Gasteiger partial charge in [0.05, 0.1) is 17.7 Å². The number of nitrogens with two attached hydrogens (primary N) is 1. The Hall–Kier alpha value is -2.28. The lowest BCUT2D eigenvalue weighted by Crippen LogP contribution is -2.09. The van der Waals surface area contributed by atoms with E-state index in [9.17, 15) is 0 Å². The van der Waals surface area contributed by atoms with Crippen molar-refractivity contribution in [1.82, 2.24) is 9.78 Å². The second-order valence-electron chi connectivity index (χ2n) is 5.71. The van der Waals surface area contributed by atoms with Crippen LogP contribution in [0.2, 0.25) is 0 Å². The van der Waals surface area contributed by atoms with Gasteiger partial charge in [-0.15, -0.1) is 0 Å². The molecule has 0 fully saturated rings. The van der Waals surface area contributed by atoms with Gasteiger partial charge in [-0.3, -0.25) is 4.68 Å². The number of aryl methyl sites for hydroxylation is 1. The molecule has 0 atom stereocenters. The third kappa shape index (κ3) is 3.61. The molecule has 0 amide bonds. The van der Waals surface area contributed by atoms with Crippen LogP contribution >= 0.6 is 0 Å². The summed E-state index contributed by atoms with van der Waals surface area (Å²) in [4.78, 5) is 0. The molecule has 0 aliphatic rings. The van der Waals surface area contributed by atoms with Crippen LogP contribution in [-0.2, 0) is 6.54 Å². The van der Waals surface area contributed by atoms with Crippen molar-refractivity contribution in [3.8, 4) is 17.2 Å². The van der Waals surface area contributed by atoms with Gasteiger partial charge in [-0.2, -0.15) is 10.4 Å². The zero-order valence-electron chi connectivity index (χ0n) is 12.0. The Balaban J connectivity index is 1.96. The van der Waals surface area contributed by atoms with E-state index in [1.54, 1.807) is 0 Å². The fraction of sp³-hybridized carbons (Fsp3) is 0.375. The van der Waals surface area contributed by atoms with E-state index in [0.717, 1.165) is 36.2 Å². The predicted octanol–water partition coefficient (Wildman–Crippen LogP) is 3.46. The van der Waals surface area contributed by atoms with Crippen molar-refractivity contribution in [3.05, 3.63) is 36.7 Å². The Morgan fingerprint density at radius 1 is 1.25 bits per heavy atom. The molecular formula is C16H20N4. The van der Waals surface area contributed by atoms with E-state index < -0.39 is 0 Å². The van der Waals surface area contributed by atoms with Crippen molar-refractivity contribution in [2.75, 3.05) is 5.73 Å². The molecule has 1 aromatic heterocycles. The second kappa shape index (κ2) is 5.79. The van der Waals surface area contributed by atoms with Crippen LogP contribution in [0.3, 0.4) is 0 Å². The molecule has 0 spiro atoms. The van der Waals surface area contributed by atoms with Crippen LogP contribution in [0.1, 0.15) is 26.7 Å². The number of nitriles is 1. The van der Waals surface area contributed by atoms with Crippen LogP contribution in [0.25, 0.3) is 11.1 Å². The van der Waals surface area contributed by atoms with Gasteiger partial charge in [0.2, 0.25) is 0 Å². The topological polar surface area (TPSA) is 67.6 Å². The van der Waals surface area contributed by atoms with Crippen LogP contribution < -0.4 is 5.73 Å². The van der Waals surface area contributed by atoms with Crippen LogP contribution in [0.5, 0.6) is 0 Å². The summed E-state index contributed by atoms with van der Waals surface area (Å²) < 4.78 is 1.93. The Kier molecular flexibility index (Phi) is 4.09. The maximum Gasteiger partial charge on any atom is 0.0683 e. The van der Waals surface area contributed by atoms with E-state index in [2.05, 4.69) is 11.2 Å². The molecule has 0 aliphatic carbocycles. The van der Waals surface area contributed by atoms with E-state index in [0.29, 0.717) is 0 Å². The van der Waals surface area contributed by atoms with E-state index in [4.69, 9.17) is 11.0 Å². The molecule has 0 aliphatic heterocycles. The van der Waals surface area contributed by atoms with Crippen molar-refractivity contribution >= 4 is 5.69 Å². The first-order chi connectivity index (χ1) is 9.50. The number of benzene rings is 1. The maximum atomic E-state index is 8.98. The summed E-state index contributed by atoms with van der Waals surface area (Å²) in [5.74, 6) is 0. The van der Waals surface area contributed by atoms with Crippen molar-refractivity contribution in [1.29, 1.82) is 5.26 Å². The zero-order valence-corrected chi connectivity index (χ0v) is 12.0. The molecule has 1 aromatic carbocycles. The van der Waals surface area contributed by atoms with Crippen LogP contribution in [-0.4, -0.2) is 9.78 Å². The average Bonchev–Trinajstić information content (AvgIpc) is 2.88. The lowest BCUT2D eigenvalue weighted by molar-refractivity contribution is 0.407. The summed E-state index contributed by atoms with van der Waals surface area (Å²) in [6.07, 6.45) is 5.72. The normalized spacial score (nSPS) is 11.2. The van der Waals surface area contributed by atoms with Gasteiger partial charge in [0, 0.05) is 24.0 Å². The molecule has 0 bridgehead atoms. The molecule has 0 saturated heterocycles. The van der Waals surface area contributed by atoms with Gasteiger partial charge in [-0.25, -0.2) is 0 Å². The minimum Gasteiger partial charge on any atom is -0.399 e. The van der Waals surface area contributed by atoms with E-state index >= 15 is 0 Å². The number of rotatable bonds is 5. The van der Waals surface area contributed by atoms with Gasteiger partial charge < -0.3 is 5.73 Å². The molecule has 1 heterocycles. The SMILES string of the molecule is CC(C)(C#N)CCCn1cc(-c2ccc(N)cc2)cn1. The van der Waals surface area contributed by atoms with Crippen molar-refractivity contribution in [3.63, 3.8) is 0 Å². The summed E-state index contributed by atoms with van der Waals surface area (Å²) in [5.41, 5.74) is 8.39. The first-order valence-corrected chi connectivity index (χ1v) is 6.80. The van der Waals surface area contributed by atoms with E-state index in [-0.39, 0.29) is 5.41 Å². The molecule has 2 N–H and O–H groups in total. The van der Waals surface area contributed by atoms with E-state index in [1.807, 2.05) is 55.2 Å². The van der Waals surface area contributed by atoms with Gasteiger partial charge in [0.15, 0.2) is 0 Å². The van der Waals surface area contributed by atoms with Gasteiger partial charge in [0.1, 0.15) is 0 Å². The lowest BCUT2D eigenvalue weighted by atomic mass is 9.90. The smallest absolute Gasteiger partial charge is 0.0683 e.